The molecule has 3 aromatic carbocycles. The van der Waals surface area contributed by atoms with Crippen LogP contribution >= 0.6 is 0 Å². The standard InChI is InChI=1S/C28H32N4O2/c1-18-8-12-21(13-9-18)32-30-24-16-19(2)23(17-25(24)31-32)29-26(33)28(6,7)34-22-14-10-20(11-15-22)27(3,4)5/h8-17H,1-7H3,(H,29,33). The zero-order chi connectivity index (χ0) is 24.7. The Balaban J connectivity index is 1.53. The number of nitrogens with zero attached hydrogens (tertiary/aromatic N) is 3. The van der Waals surface area contributed by atoms with Gasteiger partial charge in [-0.3, -0.25) is 4.79 Å². The van der Waals surface area contributed by atoms with Gasteiger partial charge in [0.1, 0.15) is 16.8 Å². The van der Waals surface area contributed by atoms with Crippen LogP contribution in [0.1, 0.15) is 51.3 Å². The highest BCUT2D eigenvalue weighted by molar-refractivity contribution is 5.99. The van der Waals surface area contributed by atoms with Crippen LogP contribution in [0, 0.1) is 13.8 Å². The molecule has 1 amide bonds. The molecule has 1 N–H and O–H groups in total. The van der Waals surface area contributed by atoms with Crippen molar-refractivity contribution in [3.8, 4) is 11.4 Å². The number of rotatable bonds is 5. The highest BCUT2D eigenvalue weighted by Gasteiger charge is 2.30. The van der Waals surface area contributed by atoms with Gasteiger partial charge in [-0.05, 0) is 80.6 Å². The predicted molar refractivity (Wildman–Crippen MR) is 137 cm³/mol. The number of ether oxygens (including phenoxy) is 1. The van der Waals surface area contributed by atoms with E-state index in [1.165, 1.54) is 11.1 Å². The van der Waals surface area contributed by atoms with Crippen LogP contribution in [0.15, 0.2) is 60.7 Å². The lowest BCUT2D eigenvalue weighted by Crippen LogP contribution is -2.42. The third kappa shape index (κ3) is 4.96. The first kappa shape index (κ1) is 23.5. The van der Waals surface area contributed by atoms with Crippen molar-refractivity contribution < 1.29 is 9.53 Å². The van der Waals surface area contributed by atoms with Crippen molar-refractivity contribution in [2.24, 2.45) is 0 Å². The van der Waals surface area contributed by atoms with E-state index in [4.69, 9.17) is 4.74 Å². The van der Waals surface area contributed by atoms with Gasteiger partial charge in [0.05, 0.1) is 5.69 Å². The van der Waals surface area contributed by atoms with Crippen molar-refractivity contribution in [3.63, 3.8) is 0 Å². The van der Waals surface area contributed by atoms with E-state index in [1.807, 2.05) is 74.5 Å². The number of carbonyl (C=O) groups is 1. The first-order valence-corrected chi connectivity index (χ1v) is 11.5. The Hall–Kier alpha value is -3.67. The maximum atomic E-state index is 13.1. The lowest BCUT2D eigenvalue weighted by atomic mass is 9.87. The summed E-state index contributed by atoms with van der Waals surface area (Å²) in [7, 11) is 0. The average Bonchev–Trinajstić information content (AvgIpc) is 3.16. The molecule has 0 bridgehead atoms. The van der Waals surface area contributed by atoms with Gasteiger partial charge in [-0.1, -0.05) is 50.6 Å². The number of hydrogen-bond donors (Lipinski definition) is 1. The minimum Gasteiger partial charge on any atom is -0.478 e. The number of nitrogens with one attached hydrogen (secondary N) is 1. The number of aromatic nitrogens is 3. The minimum absolute atomic E-state index is 0.0584. The first-order valence-electron chi connectivity index (χ1n) is 11.5. The van der Waals surface area contributed by atoms with Crippen molar-refractivity contribution in [1.29, 1.82) is 0 Å². The Bertz CT molecular complexity index is 1330. The largest absolute Gasteiger partial charge is 0.478 e. The molecule has 0 unspecified atom stereocenters. The zero-order valence-electron chi connectivity index (χ0n) is 20.9. The zero-order valence-corrected chi connectivity index (χ0v) is 20.9. The Kier molecular flexibility index (Phi) is 5.94. The van der Waals surface area contributed by atoms with Crippen molar-refractivity contribution >= 4 is 22.6 Å². The van der Waals surface area contributed by atoms with Gasteiger partial charge in [-0.2, -0.15) is 4.80 Å². The third-order valence-electron chi connectivity index (χ3n) is 5.88. The first-order chi connectivity index (χ1) is 15.9. The summed E-state index contributed by atoms with van der Waals surface area (Å²) in [5.41, 5.74) is 5.34. The quantitative estimate of drug-likeness (QED) is 0.392. The van der Waals surface area contributed by atoms with Crippen LogP contribution < -0.4 is 10.1 Å². The molecule has 176 valence electrons. The van der Waals surface area contributed by atoms with Gasteiger partial charge in [0.2, 0.25) is 0 Å². The van der Waals surface area contributed by atoms with Gasteiger partial charge in [-0.25, -0.2) is 0 Å². The number of carbonyl (C=O) groups excluding carboxylic acids is 1. The summed E-state index contributed by atoms with van der Waals surface area (Å²) in [6.07, 6.45) is 0. The van der Waals surface area contributed by atoms with E-state index in [0.29, 0.717) is 17.0 Å². The van der Waals surface area contributed by atoms with E-state index in [-0.39, 0.29) is 11.3 Å². The number of amides is 1. The second kappa shape index (κ2) is 8.60. The normalized spacial score (nSPS) is 12.1. The average molecular weight is 457 g/mol. The Morgan fingerprint density at radius 2 is 1.44 bits per heavy atom. The highest BCUT2D eigenvalue weighted by atomic mass is 16.5. The number of anilines is 1. The molecule has 0 fully saturated rings. The molecule has 0 radical (unpaired) electrons. The van der Waals surface area contributed by atoms with Crippen LogP contribution in [0.4, 0.5) is 5.69 Å². The molecule has 0 aliphatic rings. The molecule has 0 saturated heterocycles. The van der Waals surface area contributed by atoms with Gasteiger partial charge in [0, 0.05) is 5.69 Å². The van der Waals surface area contributed by atoms with Crippen LogP contribution in [0.5, 0.6) is 5.75 Å². The number of benzene rings is 3. The Labute approximate surface area is 200 Å². The summed E-state index contributed by atoms with van der Waals surface area (Å²) >= 11 is 0. The van der Waals surface area contributed by atoms with E-state index in [9.17, 15) is 4.79 Å². The minimum atomic E-state index is -1.07. The summed E-state index contributed by atoms with van der Waals surface area (Å²) in [5, 5.41) is 12.2. The highest BCUT2D eigenvalue weighted by Crippen LogP contribution is 2.28. The fourth-order valence-electron chi connectivity index (χ4n) is 3.63. The fourth-order valence-corrected chi connectivity index (χ4v) is 3.63. The number of hydrogen-bond acceptors (Lipinski definition) is 4. The molecule has 0 atom stereocenters. The molecule has 6 nitrogen and oxygen atoms in total. The van der Waals surface area contributed by atoms with Crippen LogP contribution in [0.25, 0.3) is 16.7 Å². The van der Waals surface area contributed by atoms with Crippen molar-refractivity contribution in [2.75, 3.05) is 5.32 Å². The van der Waals surface area contributed by atoms with Crippen molar-refractivity contribution in [1.82, 2.24) is 15.0 Å². The number of aryl methyl sites for hydroxylation is 2. The van der Waals surface area contributed by atoms with Crippen molar-refractivity contribution in [3.05, 3.63) is 77.4 Å². The maximum absolute atomic E-state index is 13.1. The van der Waals surface area contributed by atoms with Gasteiger partial charge < -0.3 is 10.1 Å². The third-order valence-corrected chi connectivity index (χ3v) is 5.88. The summed E-state index contributed by atoms with van der Waals surface area (Å²) in [5.74, 6) is 0.419. The van der Waals surface area contributed by atoms with Crippen molar-refractivity contribution in [2.45, 2.75) is 59.5 Å². The van der Waals surface area contributed by atoms with E-state index in [1.54, 1.807) is 18.6 Å². The molecule has 1 heterocycles. The smallest absolute Gasteiger partial charge is 0.267 e. The molecular weight excluding hydrogens is 424 g/mol. The lowest BCUT2D eigenvalue weighted by Gasteiger charge is -2.26. The second-order valence-corrected chi connectivity index (χ2v) is 10.3. The maximum Gasteiger partial charge on any atom is 0.267 e. The SMILES string of the molecule is Cc1ccc(-n2nc3cc(C)c(NC(=O)C(C)(C)Oc4ccc(C(C)(C)C)cc4)cc3n2)cc1. The van der Waals surface area contributed by atoms with E-state index >= 15 is 0 Å². The fraction of sp³-hybridized carbons (Fsp3) is 0.321. The topological polar surface area (TPSA) is 69.0 Å². The van der Waals surface area contributed by atoms with Crippen LogP contribution in [0.3, 0.4) is 0 Å². The summed E-state index contributed by atoms with van der Waals surface area (Å²) in [6, 6.07) is 19.7. The molecule has 4 aromatic rings. The molecule has 0 aliphatic heterocycles. The monoisotopic (exact) mass is 456 g/mol. The van der Waals surface area contributed by atoms with Crippen LogP contribution in [0.2, 0.25) is 0 Å². The molecule has 1 aromatic heterocycles. The van der Waals surface area contributed by atoms with Gasteiger partial charge in [0.25, 0.3) is 5.91 Å². The molecule has 6 heteroatoms. The van der Waals surface area contributed by atoms with Gasteiger partial charge in [0.15, 0.2) is 5.60 Å². The lowest BCUT2D eigenvalue weighted by molar-refractivity contribution is -0.128. The molecule has 34 heavy (non-hydrogen) atoms. The predicted octanol–water partition coefficient (Wildman–Crippen LogP) is 6.13. The Morgan fingerprint density at radius 1 is 0.853 bits per heavy atom. The molecule has 0 aliphatic carbocycles. The molecule has 4 rings (SSSR count). The van der Waals surface area contributed by atoms with Gasteiger partial charge in [-0.15, -0.1) is 10.2 Å². The molecule has 0 spiro atoms. The van der Waals surface area contributed by atoms with E-state index in [2.05, 4.69) is 36.3 Å². The van der Waals surface area contributed by atoms with E-state index in [0.717, 1.165) is 16.8 Å². The summed E-state index contributed by atoms with van der Waals surface area (Å²) in [6.45, 7) is 14.0. The Morgan fingerprint density at radius 3 is 2.03 bits per heavy atom. The molecular formula is C28H32N4O2. The number of fused-ring (bicyclic) bond motifs is 1. The van der Waals surface area contributed by atoms with Gasteiger partial charge >= 0.3 is 0 Å². The van der Waals surface area contributed by atoms with Crippen LogP contribution in [-0.4, -0.2) is 26.5 Å². The summed E-state index contributed by atoms with van der Waals surface area (Å²) in [4.78, 5) is 14.7. The van der Waals surface area contributed by atoms with Crippen LogP contribution in [-0.2, 0) is 10.2 Å². The second-order valence-electron chi connectivity index (χ2n) is 10.3. The van der Waals surface area contributed by atoms with E-state index < -0.39 is 5.60 Å². The summed E-state index contributed by atoms with van der Waals surface area (Å²) < 4.78 is 6.06. The molecule has 0 saturated carbocycles.